The molecule has 2 saturated heterocycles. The monoisotopic (exact) mass is 324 g/mol. The molecule has 2 aliphatic heterocycles. The highest BCUT2D eigenvalue weighted by Gasteiger charge is 2.45. The third kappa shape index (κ3) is 3.26. The highest BCUT2D eigenvalue weighted by molar-refractivity contribution is 7.09. The van der Waals surface area contributed by atoms with Crippen LogP contribution in [-0.2, 0) is 11.3 Å². The molecule has 1 aromatic rings. The maximum Gasteiger partial charge on any atom is 0.314 e. The molecule has 0 radical (unpaired) electrons. The number of amides is 2. The minimum absolute atomic E-state index is 0.291. The summed E-state index contributed by atoms with van der Waals surface area (Å²) in [6.45, 7) is 4.27. The summed E-state index contributed by atoms with van der Waals surface area (Å²) in [6, 6.07) is 0.148. The number of likely N-dealkylation sites (tertiary alicyclic amines) is 2. The average Bonchev–Trinajstić information content (AvgIpc) is 3.10. The first-order chi connectivity index (χ1) is 10.6. The fraction of sp³-hybridized carbons (Fsp3) is 0.733. The van der Waals surface area contributed by atoms with Crippen molar-refractivity contribution in [3.63, 3.8) is 0 Å². The first-order valence-electron chi connectivity index (χ1n) is 7.78. The van der Waals surface area contributed by atoms with Gasteiger partial charge in [-0.1, -0.05) is 0 Å². The first kappa shape index (κ1) is 15.7. The van der Waals surface area contributed by atoms with Gasteiger partial charge in [0.1, 0.15) is 5.01 Å². The minimum Gasteiger partial charge on any atom is -0.383 e. The summed E-state index contributed by atoms with van der Waals surface area (Å²) < 4.78 is 5.43. The van der Waals surface area contributed by atoms with Crippen molar-refractivity contribution in [3.8, 4) is 0 Å². The van der Waals surface area contributed by atoms with Crippen molar-refractivity contribution in [2.45, 2.75) is 31.8 Å². The van der Waals surface area contributed by atoms with E-state index in [9.17, 15) is 4.79 Å². The van der Waals surface area contributed by atoms with E-state index in [0.29, 0.717) is 11.5 Å². The number of hydrogen-bond acceptors (Lipinski definition) is 5. The van der Waals surface area contributed by atoms with E-state index < -0.39 is 0 Å². The molecule has 0 aliphatic carbocycles. The molecule has 1 aromatic heterocycles. The molecule has 3 rings (SSSR count). The van der Waals surface area contributed by atoms with Crippen LogP contribution in [0, 0.1) is 5.41 Å². The third-order valence-corrected chi connectivity index (χ3v) is 5.80. The van der Waals surface area contributed by atoms with E-state index in [4.69, 9.17) is 10.5 Å². The number of methoxy groups -OCH3 is 1. The zero-order chi connectivity index (χ0) is 15.6. The number of nitrogens with zero attached hydrogens (tertiary/aromatic N) is 3. The van der Waals surface area contributed by atoms with Crippen molar-refractivity contribution in [1.82, 2.24) is 14.8 Å². The van der Waals surface area contributed by atoms with Crippen LogP contribution in [0.1, 0.15) is 24.3 Å². The van der Waals surface area contributed by atoms with Gasteiger partial charge in [0, 0.05) is 44.4 Å². The normalized spacial score (nSPS) is 25.0. The summed E-state index contributed by atoms with van der Waals surface area (Å²) in [5.41, 5.74) is 5.69. The lowest BCUT2D eigenvalue weighted by molar-refractivity contribution is 0.111. The summed E-state index contributed by atoms with van der Waals surface area (Å²) >= 11 is 1.71. The van der Waals surface area contributed by atoms with Crippen LogP contribution in [0.5, 0.6) is 0 Å². The van der Waals surface area contributed by atoms with Gasteiger partial charge in [-0.15, -0.1) is 11.3 Å². The molecule has 2 N–H and O–H groups in total. The second-order valence-corrected chi connectivity index (χ2v) is 7.45. The van der Waals surface area contributed by atoms with Crippen LogP contribution < -0.4 is 5.73 Å². The number of ether oxygens (including phenoxy) is 1. The third-order valence-electron chi connectivity index (χ3n) is 5.04. The molecule has 1 spiro atoms. The van der Waals surface area contributed by atoms with Crippen molar-refractivity contribution < 1.29 is 9.53 Å². The quantitative estimate of drug-likeness (QED) is 0.911. The number of aromatic nitrogens is 1. The van der Waals surface area contributed by atoms with E-state index in [-0.39, 0.29) is 6.03 Å². The second-order valence-electron chi connectivity index (χ2n) is 6.47. The maximum absolute atomic E-state index is 11.3. The molecule has 0 saturated carbocycles. The predicted molar refractivity (Wildman–Crippen MR) is 85.6 cm³/mol. The maximum atomic E-state index is 11.3. The Balaban J connectivity index is 1.66. The molecule has 0 unspecified atom stereocenters. The second kappa shape index (κ2) is 6.52. The van der Waals surface area contributed by atoms with Crippen LogP contribution in [-0.4, -0.2) is 60.2 Å². The van der Waals surface area contributed by atoms with E-state index in [0.717, 1.165) is 57.1 Å². The van der Waals surface area contributed by atoms with Gasteiger partial charge >= 0.3 is 6.03 Å². The highest BCUT2D eigenvalue weighted by Crippen LogP contribution is 2.44. The number of thiazole rings is 1. The number of carbonyl (C=O) groups is 1. The van der Waals surface area contributed by atoms with Crippen molar-refractivity contribution in [3.05, 3.63) is 16.6 Å². The van der Waals surface area contributed by atoms with Gasteiger partial charge in [0.05, 0.1) is 13.2 Å². The molecule has 2 aliphatic rings. The molecule has 0 aromatic carbocycles. The average molecular weight is 324 g/mol. The lowest BCUT2D eigenvalue weighted by Crippen LogP contribution is -2.46. The lowest BCUT2D eigenvalue weighted by Gasteiger charge is -2.38. The zero-order valence-corrected chi connectivity index (χ0v) is 13.8. The lowest BCUT2D eigenvalue weighted by atomic mass is 9.76. The Hall–Kier alpha value is -1.18. The molecule has 3 heterocycles. The predicted octanol–water partition coefficient (Wildman–Crippen LogP) is 1.52. The first-order valence-corrected chi connectivity index (χ1v) is 8.66. The molecule has 6 nitrogen and oxygen atoms in total. The molecule has 22 heavy (non-hydrogen) atoms. The smallest absolute Gasteiger partial charge is 0.314 e. The molecular formula is C15H24N4O2S. The zero-order valence-electron chi connectivity index (χ0n) is 13.0. The Labute approximate surface area is 135 Å². The van der Waals surface area contributed by atoms with Gasteiger partial charge in [-0.3, -0.25) is 4.90 Å². The molecular weight excluding hydrogens is 300 g/mol. The molecule has 122 valence electrons. The minimum atomic E-state index is -0.291. The summed E-state index contributed by atoms with van der Waals surface area (Å²) in [5, 5.41) is 3.19. The van der Waals surface area contributed by atoms with Crippen molar-refractivity contribution in [2.75, 3.05) is 33.4 Å². The Morgan fingerprint density at radius 1 is 1.55 bits per heavy atom. The number of piperidine rings is 1. The summed E-state index contributed by atoms with van der Waals surface area (Å²) in [7, 11) is 1.77. The fourth-order valence-corrected chi connectivity index (χ4v) is 4.50. The number of urea groups is 1. The van der Waals surface area contributed by atoms with Gasteiger partial charge < -0.3 is 15.4 Å². The van der Waals surface area contributed by atoms with Gasteiger partial charge in [0.15, 0.2) is 0 Å². The topological polar surface area (TPSA) is 71.7 Å². The summed E-state index contributed by atoms with van der Waals surface area (Å²) in [5.74, 6) is 0. The number of primary amides is 1. The van der Waals surface area contributed by atoms with Crippen LogP contribution in [0.3, 0.4) is 0 Å². The molecule has 7 heteroatoms. The van der Waals surface area contributed by atoms with E-state index >= 15 is 0 Å². The number of carbonyl (C=O) groups excluding carboxylic acids is 1. The van der Waals surface area contributed by atoms with Crippen molar-refractivity contribution in [2.24, 2.45) is 11.1 Å². The van der Waals surface area contributed by atoms with Crippen LogP contribution in [0.2, 0.25) is 0 Å². The van der Waals surface area contributed by atoms with Crippen LogP contribution in [0.4, 0.5) is 4.79 Å². The van der Waals surface area contributed by atoms with Gasteiger partial charge in [-0.2, -0.15) is 0 Å². The highest BCUT2D eigenvalue weighted by atomic mass is 32.1. The van der Waals surface area contributed by atoms with Crippen LogP contribution in [0.25, 0.3) is 0 Å². The Bertz CT molecular complexity index is 500. The van der Waals surface area contributed by atoms with Crippen molar-refractivity contribution >= 4 is 17.4 Å². The Kier molecular flexibility index (Phi) is 4.65. The van der Waals surface area contributed by atoms with Gasteiger partial charge in [0.2, 0.25) is 0 Å². The van der Waals surface area contributed by atoms with E-state index in [1.165, 1.54) is 0 Å². The van der Waals surface area contributed by atoms with E-state index in [1.807, 2.05) is 11.6 Å². The van der Waals surface area contributed by atoms with Crippen molar-refractivity contribution in [1.29, 1.82) is 0 Å². The summed E-state index contributed by atoms with van der Waals surface area (Å²) in [4.78, 5) is 20.0. The Morgan fingerprint density at radius 3 is 2.91 bits per heavy atom. The van der Waals surface area contributed by atoms with Gasteiger partial charge in [0.25, 0.3) is 0 Å². The number of rotatable bonds is 4. The van der Waals surface area contributed by atoms with E-state index in [2.05, 4.69) is 9.88 Å². The summed E-state index contributed by atoms with van der Waals surface area (Å²) in [6.07, 6.45) is 5.07. The number of hydrogen-bond donors (Lipinski definition) is 1. The molecule has 1 atom stereocenters. The largest absolute Gasteiger partial charge is 0.383 e. The van der Waals surface area contributed by atoms with Gasteiger partial charge in [-0.25, -0.2) is 9.78 Å². The fourth-order valence-electron chi connectivity index (χ4n) is 3.86. The molecule has 2 fully saturated rings. The SMILES string of the molecule is COC[C@@H]1CC2(CCN(C(N)=O)CC2)CN1Cc1nccs1. The van der Waals surface area contributed by atoms with Crippen LogP contribution in [0.15, 0.2) is 11.6 Å². The van der Waals surface area contributed by atoms with Gasteiger partial charge in [-0.05, 0) is 24.7 Å². The van der Waals surface area contributed by atoms with Crippen LogP contribution >= 0.6 is 11.3 Å². The van der Waals surface area contributed by atoms with E-state index in [1.54, 1.807) is 23.3 Å². The standard InChI is InChI=1S/C15H24N4O2S/c1-21-10-12-8-15(2-5-18(6-3-15)14(16)20)11-19(12)9-13-17-4-7-22-13/h4,7,12H,2-3,5-6,8-11H2,1H3,(H2,16,20)/t12-/m0/s1. The Morgan fingerprint density at radius 2 is 2.32 bits per heavy atom. The molecule has 0 bridgehead atoms. The molecule has 2 amide bonds. The number of nitrogens with two attached hydrogens (primary N) is 1.